The molecule has 1 rings (SSSR count). The molecular formula is C13H27IN6. The number of nitrogens with zero attached hydrogens (tertiary/aromatic N) is 4. The highest BCUT2D eigenvalue weighted by atomic mass is 127. The molecule has 0 radical (unpaired) electrons. The topological polar surface area (TPSA) is 67.1 Å². The van der Waals surface area contributed by atoms with Gasteiger partial charge >= 0.3 is 0 Å². The van der Waals surface area contributed by atoms with Crippen molar-refractivity contribution in [3.63, 3.8) is 0 Å². The molecule has 0 aliphatic heterocycles. The first-order valence-electron chi connectivity index (χ1n) is 7.06. The van der Waals surface area contributed by atoms with Gasteiger partial charge in [0.25, 0.3) is 0 Å². The van der Waals surface area contributed by atoms with Crippen molar-refractivity contribution in [2.24, 2.45) is 18.0 Å². The number of aromatic nitrogens is 3. The van der Waals surface area contributed by atoms with Crippen molar-refractivity contribution in [2.45, 2.75) is 40.2 Å². The molecule has 0 aliphatic rings. The molecule has 7 heteroatoms. The molecule has 2 N–H and O–H groups in total. The number of rotatable bonds is 7. The Morgan fingerprint density at radius 1 is 1.30 bits per heavy atom. The summed E-state index contributed by atoms with van der Waals surface area (Å²) in [5.74, 6) is 2.40. The van der Waals surface area contributed by atoms with E-state index in [4.69, 9.17) is 0 Å². The Hall–Kier alpha value is -0.860. The first kappa shape index (κ1) is 19.1. The zero-order chi connectivity index (χ0) is 14.1. The smallest absolute Gasteiger partial charge is 0.191 e. The minimum absolute atomic E-state index is 0. The fourth-order valence-electron chi connectivity index (χ4n) is 1.77. The molecule has 116 valence electrons. The molecule has 0 fully saturated rings. The van der Waals surface area contributed by atoms with E-state index in [2.05, 4.69) is 46.5 Å². The summed E-state index contributed by atoms with van der Waals surface area (Å²) in [5.41, 5.74) is 0. The second-order valence-corrected chi connectivity index (χ2v) is 4.56. The van der Waals surface area contributed by atoms with Crippen molar-refractivity contribution in [3.8, 4) is 0 Å². The molecule has 6 nitrogen and oxygen atoms in total. The van der Waals surface area contributed by atoms with Gasteiger partial charge in [0.2, 0.25) is 0 Å². The zero-order valence-electron chi connectivity index (χ0n) is 12.9. The van der Waals surface area contributed by atoms with Crippen molar-refractivity contribution in [1.29, 1.82) is 0 Å². The summed E-state index contributed by atoms with van der Waals surface area (Å²) in [6, 6.07) is 0. The second kappa shape index (κ2) is 10.9. The third-order valence-electron chi connectivity index (χ3n) is 3.24. The molecule has 0 spiro atoms. The van der Waals surface area contributed by atoms with Gasteiger partial charge in [0.1, 0.15) is 18.7 Å². The maximum atomic E-state index is 4.53. The number of hydrogen-bond acceptors (Lipinski definition) is 3. The second-order valence-electron chi connectivity index (χ2n) is 4.56. The molecule has 1 aromatic heterocycles. The van der Waals surface area contributed by atoms with Gasteiger partial charge in [0.05, 0.1) is 0 Å². The molecule has 0 unspecified atom stereocenters. The molecule has 0 saturated heterocycles. The molecule has 0 aliphatic carbocycles. The number of aliphatic imine (C=N–C) groups is 1. The maximum absolute atomic E-state index is 4.53. The molecule has 0 atom stereocenters. The van der Waals surface area contributed by atoms with Crippen LogP contribution in [0.4, 0.5) is 0 Å². The van der Waals surface area contributed by atoms with Crippen LogP contribution >= 0.6 is 24.0 Å². The van der Waals surface area contributed by atoms with Crippen LogP contribution in [0, 0.1) is 5.92 Å². The Kier molecular flexibility index (Phi) is 10.4. The highest BCUT2D eigenvalue weighted by Gasteiger charge is 2.05. The first-order valence-corrected chi connectivity index (χ1v) is 7.06. The van der Waals surface area contributed by atoms with Crippen LogP contribution in [-0.4, -0.2) is 33.8 Å². The van der Waals surface area contributed by atoms with Crippen molar-refractivity contribution in [3.05, 3.63) is 12.2 Å². The van der Waals surface area contributed by atoms with Gasteiger partial charge in [-0.25, -0.2) is 9.98 Å². The third-order valence-corrected chi connectivity index (χ3v) is 3.24. The lowest BCUT2D eigenvalue weighted by atomic mass is 10.0. The van der Waals surface area contributed by atoms with E-state index in [1.165, 1.54) is 12.8 Å². The molecule has 0 amide bonds. The van der Waals surface area contributed by atoms with E-state index >= 15 is 0 Å². The van der Waals surface area contributed by atoms with Crippen LogP contribution in [0.25, 0.3) is 0 Å². The molecule has 0 bridgehead atoms. The van der Waals surface area contributed by atoms with Gasteiger partial charge in [-0.2, -0.15) is 5.10 Å². The van der Waals surface area contributed by atoms with Crippen LogP contribution in [0.15, 0.2) is 11.3 Å². The number of guanidine groups is 1. The number of halogens is 1. The summed E-state index contributed by atoms with van der Waals surface area (Å²) >= 11 is 0. The van der Waals surface area contributed by atoms with Gasteiger partial charge in [-0.1, -0.05) is 26.7 Å². The number of nitrogens with one attached hydrogen (secondary N) is 2. The fraction of sp³-hybridized carbons (Fsp3) is 0.769. The Morgan fingerprint density at radius 2 is 2.00 bits per heavy atom. The maximum Gasteiger partial charge on any atom is 0.191 e. The van der Waals surface area contributed by atoms with Crippen LogP contribution < -0.4 is 10.6 Å². The van der Waals surface area contributed by atoms with Gasteiger partial charge in [0, 0.05) is 20.1 Å². The third kappa shape index (κ3) is 6.53. The highest BCUT2D eigenvalue weighted by molar-refractivity contribution is 14.0. The average molecular weight is 394 g/mol. The fourth-order valence-corrected chi connectivity index (χ4v) is 1.77. The molecule has 0 saturated carbocycles. The summed E-state index contributed by atoms with van der Waals surface area (Å²) in [7, 11) is 1.88. The summed E-state index contributed by atoms with van der Waals surface area (Å²) in [6.45, 7) is 8.86. The Bertz CT molecular complexity index is 386. The zero-order valence-corrected chi connectivity index (χ0v) is 15.2. The monoisotopic (exact) mass is 394 g/mol. The minimum Gasteiger partial charge on any atom is -0.357 e. The van der Waals surface area contributed by atoms with E-state index in [1.54, 1.807) is 11.0 Å². The molecule has 20 heavy (non-hydrogen) atoms. The van der Waals surface area contributed by atoms with Gasteiger partial charge < -0.3 is 10.6 Å². The Balaban J connectivity index is 0.00000361. The summed E-state index contributed by atoms with van der Waals surface area (Å²) in [5, 5.41) is 10.7. The van der Waals surface area contributed by atoms with Crippen LogP contribution in [-0.2, 0) is 13.6 Å². The number of aryl methyl sites for hydroxylation is 1. The van der Waals surface area contributed by atoms with Gasteiger partial charge in [-0.15, -0.1) is 24.0 Å². The average Bonchev–Trinajstić information content (AvgIpc) is 2.82. The minimum atomic E-state index is 0. The van der Waals surface area contributed by atoms with E-state index in [-0.39, 0.29) is 24.0 Å². The van der Waals surface area contributed by atoms with E-state index in [1.807, 2.05) is 7.05 Å². The lowest BCUT2D eigenvalue weighted by Gasteiger charge is -2.16. The first-order chi connectivity index (χ1) is 9.21. The SMILES string of the molecule is CCNC(=NCc1ncnn1C)NCC(CC)CC.I. The Labute approximate surface area is 138 Å². The van der Waals surface area contributed by atoms with Gasteiger partial charge in [-0.3, -0.25) is 4.68 Å². The van der Waals surface area contributed by atoms with Crippen molar-refractivity contribution in [1.82, 2.24) is 25.4 Å². The van der Waals surface area contributed by atoms with Crippen molar-refractivity contribution >= 4 is 29.9 Å². The quantitative estimate of drug-likeness (QED) is 0.421. The predicted octanol–water partition coefficient (Wildman–Crippen LogP) is 1.92. The van der Waals surface area contributed by atoms with Crippen LogP contribution in [0.1, 0.15) is 39.4 Å². The summed E-state index contributed by atoms with van der Waals surface area (Å²) < 4.78 is 1.74. The standard InChI is InChI=1S/C13H26N6.HI/c1-5-11(6-2)8-15-13(14-7-3)16-9-12-17-10-18-19(12)4;/h10-11H,5-9H2,1-4H3,(H2,14,15,16);1H. The van der Waals surface area contributed by atoms with Gasteiger partial charge in [-0.05, 0) is 12.8 Å². The largest absolute Gasteiger partial charge is 0.357 e. The van der Waals surface area contributed by atoms with E-state index in [9.17, 15) is 0 Å². The lowest BCUT2D eigenvalue weighted by molar-refractivity contribution is 0.481. The normalized spacial score (nSPS) is 11.3. The molecule has 0 aromatic carbocycles. The van der Waals surface area contributed by atoms with Crippen LogP contribution in [0.3, 0.4) is 0 Å². The van der Waals surface area contributed by atoms with Crippen LogP contribution in [0.2, 0.25) is 0 Å². The molecule has 1 aromatic rings. The predicted molar refractivity (Wildman–Crippen MR) is 93.3 cm³/mol. The molecular weight excluding hydrogens is 367 g/mol. The van der Waals surface area contributed by atoms with Crippen molar-refractivity contribution < 1.29 is 0 Å². The van der Waals surface area contributed by atoms with E-state index < -0.39 is 0 Å². The van der Waals surface area contributed by atoms with E-state index in [0.717, 1.165) is 24.9 Å². The lowest BCUT2D eigenvalue weighted by Crippen LogP contribution is -2.39. The Morgan fingerprint density at radius 3 is 2.50 bits per heavy atom. The summed E-state index contributed by atoms with van der Waals surface area (Å²) in [6.07, 6.45) is 3.92. The van der Waals surface area contributed by atoms with Crippen molar-refractivity contribution in [2.75, 3.05) is 13.1 Å². The number of hydrogen-bond donors (Lipinski definition) is 2. The summed E-state index contributed by atoms with van der Waals surface area (Å²) in [4.78, 5) is 8.69. The highest BCUT2D eigenvalue weighted by Crippen LogP contribution is 2.04. The van der Waals surface area contributed by atoms with Crippen LogP contribution in [0.5, 0.6) is 0 Å². The van der Waals surface area contributed by atoms with E-state index in [0.29, 0.717) is 12.5 Å². The molecule has 1 heterocycles. The van der Waals surface area contributed by atoms with Gasteiger partial charge in [0.15, 0.2) is 5.96 Å².